The van der Waals surface area contributed by atoms with Crippen LogP contribution in [0.4, 0.5) is 5.69 Å². The van der Waals surface area contributed by atoms with E-state index in [4.69, 9.17) is 16.1 Å². The van der Waals surface area contributed by atoms with Gasteiger partial charge < -0.3 is 9.84 Å². The molecule has 0 spiro atoms. The zero-order valence-corrected chi connectivity index (χ0v) is 19.0. The van der Waals surface area contributed by atoms with Gasteiger partial charge in [-0.05, 0) is 49.4 Å². The summed E-state index contributed by atoms with van der Waals surface area (Å²) in [6.45, 7) is 4.19. The van der Waals surface area contributed by atoms with Gasteiger partial charge in [0.25, 0.3) is 0 Å². The lowest BCUT2D eigenvalue weighted by Gasteiger charge is -2.31. The number of rotatable bonds is 7. The van der Waals surface area contributed by atoms with Crippen molar-refractivity contribution >= 4 is 35.0 Å². The number of anilines is 1. The number of carbonyl (C=O) groups is 1. The standard InChI is InChI=1S/C23H25ClN4O2S/c1-2-31-20-12-6-5-11-19(20)25-23(29)16-8-7-13-28(14-16)15-21-26-22(27-30-21)17-9-3-4-10-18(17)24/h3-6,9-12,16H,2,7-8,13-15H2,1H3,(H,25,29). The summed E-state index contributed by atoms with van der Waals surface area (Å²) < 4.78 is 5.45. The number of hydrogen-bond acceptors (Lipinski definition) is 6. The minimum atomic E-state index is -0.0700. The van der Waals surface area contributed by atoms with E-state index >= 15 is 0 Å². The molecule has 0 saturated carbocycles. The highest BCUT2D eigenvalue weighted by molar-refractivity contribution is 7.99. The number of nitrogens with one attached hydrogen (secondary N) is 1. The molecule has 1 unspecified atom stereocenters. The molecule has 1 saturated heterocycles. The molecule has 1 aliphatic heterocycles. The Morgan fingerprint density at radius 2 is 2.06 bits per heavy atom. The van der Waals surface area contributed by atoms with Crippen LogP contribution in [-0.2, 0) is 11.3 Å². The third-order valence-corrected chi connectivity index (χ3v) is 6.55. The minimum absolute atomic E-state index is 0.0659. The zero-order valence-electron chi connectivity index (χ0n) is 17.4. The second kappa shape index (κ2) is 10.3. The summed E-state index contributed by atoms with van der Waals surface area (Å²) in [7, 11) is 0. The third-order valence-electron chi connectivity index (χ3n) is 5.26. The SMILES string of the molecule is CCSc1ccccc1NC(=O)C1CCCN(Cc2nc(-c3ccccc3Cl)no2)C1. The maximum absolute atomic E-state index is 12.9. The van der Waals surface area contributed by atoms with Crippen molar-refractivity contribution in [2.75, 3.05) is 24.2 Å². The Labute approximate surface area is 191 Å². The molecule has 1 aromatic heterocycles. The molecular weight excluding hydrogens is 432 g/mol. The number of aromatic nitrogens is 2. The first-order valence-corrected chi connectivity index (χ1v) is 11.8. The van der Waals surface area contributed by atoms with E-state index in [1.807, 2.05) is 42.5 Å². The molecule has 8 heteroatoms. The van der Waals surface area contributed by atoms with Crippen LogP contribution in [0.2, 0.25) is 5.02 Å². The van der Waals surface area contributed by atoms with E-state index in [9.17, 15) is 4.79 Å². The van der Waals surface area contributed by atoms with E-state index in [2.05, 4.69) is 27.3 Å². The fourth-order valence-corrected chi connectivity index (χ4v) is 4.74. The van der Waals surface area contributed by atoms with Gasteiger partial charge >= 0.3 is 0 Å². The van der Waals surface area contributed by atoms with Gasteiger partial charge in [0.05, 0.1) is 23.2 Å². The lowest BCUT2D eigenvalue weighted by molar-refractivity contribution is -0.121. The molecule has 4 rings (SSSR count). The molecule has 0 radical (unpaired) electrons. The molecular formula is C23H25ClN4O2S. The molecule has 31 heavy (non-hydrogen) atoms. The molecule has 2 aromatic carbocycles. The van der Waals surface area contributed by atoms with Gasteiger partial charge in [-0.25, -0.2) is 0 Å². The third kappa shape index (κ3) is 5.47. The van der Waals surface area contributed by atoms with Gasteiger partial charge in [-0.3, -0.25) is 9.69 Å². The molecule has 1 aliphatic rings. The van der Waals surface area contributed by atoms with E-state index in [0.29, 0.717) is 29.8 Å². The molecule has 0 bridgehead atoms. The second-order valence-electron chi connectivity index (χ2n) is 7.48. The predicted molar refractivity (Wildman–Crippen MR) is 124 cm³/mol. The van der Waals surface area contributed by atoms with Crippen LogP contribution in [-0.4, -0.2) is 39.8 Å². The average Bonchev–Trinajstić information content (AvgIpc) is 3.24. The van der Waals surface area contributed by atoms with Gasteiger partial charge in [0, 0.05) is 17.0 Å². The number of nitrogens with zero attached hydrogens (tertiary/aromatic N) is 3. The van der Waals surface area contributed by atoms with Gasteiger partial charge in [0.1, 0.15) is 0 Å². The van der Waals surface area contributed by atoms with Gasteiger partial charge in [-0.1, -0.05) is 47.9 Å². The number of para-hydroxylation sites is 1. The first-order valence-electron chi connectivity index (χ1n) is 10.5. The van der Waals surface area contributed by atoms with Crippen LogP contribution >= 0.6 is 23.4 Å². The first kappa shape index (κ1) is 21.9. The van der Waals surface area contributed by atoms with Crippen molar-refractivity contribution in [3.63, 3.8) is 0 Å². The number of amides is 1. The lowest BCUT2D eigenvalue weighted by atomic mass is 9.97. The van der Waals surface area contributed by atoms with Crippen LogP contribution in [0, 0.1) is 5.92 Å². The quantitative estimate of drug-likeness (QED) is 0.483. The van der Waals surface area contributed by atoms with Crippen molar-refractivity contribution in [3.8, 4) is 11.4 Å². The Hall–Kier alpha value is -2.35. The van der Waals surface area contributed by atoms with Crippen LogP contribution in [0.15, 0.2) is 57.9 Å². The highest BCUT2D eigenvalue weighted by atomic mass is 35.5. The van der Waals surface area contributed by atoms with Crippen LogP contribution in [0.5, 0.6) is 0 Å². The van der Waals surface area contributed by atoms with Crippen LogP contribution in [0.1, 0.15) is 25.7 Å². The Balaban J connectivity index is 1.38. The van der Waals surface area contributed by atoms with E-state index in [1.165, 1.54) is 0 Å². The average molecular weight is 457 g/mol. The maximum atomic E-state index is 12.9. The summed E-state index contributed by atoms with van der Waals surface area (Å²) in [6, 6.07) is 15.4. The lowest BCUT2D eigenvalue weighted by Crippen LogP contribution is -2.40. The number of likely N-dealkylation sites (tertiary alicyclic amines) is 1. The number of benzene rings is 2. The van der Waals surface area contributed by atoms with Gasteiger partial charge in [0.15, 0.2) is 0 Å². The molecule has 162 valence electrons. The number of carbonyl (C=O) groups excluding carboxylic acids is 1. The maximum Gasteiger partial charge on any atom is 0.241 e. The largest absolute Gasteiger partial charge is 0.338 e. The summed E-state index contributed by atoms with van der Waals surface area (Å²) in [5.74, 6) is 1.97. The molecule has 1 fully saturated rings. The summed E-state index contributed by atoms with van der Waals surface area (Å²) in [5.41, 5.74) is 1.64. The fraction of sp³-hybridized carbons (Fsp3) is 0.348. The molecule has 1 atom stereocenters. The second-order valence-corrected chi connectivity index (χ2v) is 9.20. The van der Waals surface area contributed by atoms with Crippen LogP contribution < -0.4 is 5.32 Å². The van der Waals surface area contributed by atoms with Crippen LogP contribution in [0.3, 0.4) is 0 Å². The Morgan fingerprint density at radius 1 is 1.26 bits per heavy atom. The molecule has 6 nitrogen and oxygen atoms in total. The van der Waals surface area contributed by atoms with Crippen molar-refractivity contribution in [2.45, 2.75) is 31.2 Å². The zero-order chi connectivity index (χ0) is 21.6. The molecule has 2 heterocycles. The highest BCUT2D eigenvalue weighted by Gasteiger charge is 2.27. The van der Waals surface area contributed by atoms with Gasteiger partial charge in [-0.2, -0.15) is 4.98 Å². The van der Waals surface area contributed by atoms with Crippen molar-refractivity contribution < 1.29 is 9.32 Å². The summed E-state index contributed by atoms with van der Waals surface area (Å²) in [5, 5.41) is 7.79. The smallest absolute Gasteiger partial charge is 0.241 e. The van der Waals surface area contributed by atoms with E-state index in [1.54, 1.807) is 17.8 Å². The number of thioether (sulfide) groups is 1. The molecule has 1 amide bonds. The predicted octanol–water partition coefficient (Wildman–Crippen LogP) is 5.35. The number of hydrogen-bond donors (Lipinski definition) is 1. The highest BCUT2D eigenvalue weighted by Crippen LogP contribution is 2.29. The molecule has 3 aromatic rings. The van der Waals surface area contributed by atoms with Crippen molar-refractivity contribution in [1.82, 2.24) is 15.0 Å². The monoisotopic (exact) mass is 456 g/mol. The van der Waals surface area contributed by atoms with E-state index in [-0.39, 0.29) is 11.8 Å². The molecule has 1 N–H and O–H groups in total. The van der Waals surface area contributed by atoms with Gasteiger partial charge in [0.2, 0.25) is 17.6 Å². The number of halogens is 1. The van der Waals surface area contributed by atoms with Crippen molar-refractivity contribution in [2.24, 2.45) is 5.92 Å². The van der Waals surface area contributed by atoms with E-state index in [0.717, 1.165) is 41.3 Å². The molecule has 0 aliphatic carbocycles. The van der Waals surface area contributed by atoms with Crippen molar-refractivity contribution in [1.29, 1.82) is 0 Å². The van der Waals surface area contributed by atoms with Gasteiger partial charge in [-0.15, -0.1) is 11.8 Å². The summed E-state index contributed by atoms with van der Waals surface area (Å²) in [4.78, 5) is 20.7. The van der Waals surface area contributed by atoms with E-state index < -0.39 is 0 Å². The fourth-order valence-electron chi connectivity index (χ4n) is 3.76. The Kier molecular flexibility index (Phi) is 7.27. The number of piperidine rings is 1. The minimum Gasteiger partial charge on any atom is -0.338 e. The Morgan fingerprint density at radius 3 is 2.90 bits per heavy atom. The van der Waals surface area contributed by atoms with Crippen LogP contribution in [0.25, 0.3) is 11.4 Å². The van der Waals surface area contributed by atoms with Crippen molar-refractivity contribution in [3.05, 3.63) is 59.4 Å². The normalized spacial score (nSPS) is 16.9. The topological polar surface area (TPSA) is 71.3 Å². The Bertz CT molecular complexity index is 1040. The first-order chi connectivity index (χ1) is 15.1. The summed E-state index contributed by atoms with van der Waals surface area (Å²) in [6.07, 6.45) is 1.83. The summed E-state index contributed by atoms with van der Waals surface area (Å²) >= 11 is 7.97.